The van der Waals surface area contributed by atoms with Gasteiger partial charge in [-0.2, -0.15) is 4.98 Å². The minimum absolute atomic E-state index is 0.112. The quantitative estimate of drug-likeness (QED) is 0.367. The highest BCUT2D eigenvalue weighted by Gasteiger charge is 2.32. The SMILES string of the molecule is O=[N+]([O-])c1cnc(Sc2nnc(C3CC3)n2-c2ccccc2)nc1NC1CC1. The van der Waals surface area contributed by atoms with E-state index < -0.39 is 4.92 Å². The fourth-order valence-electron chi connectivity index (χ4n) is 2.92. The summed E-state index contributed by atoms with van der Waals surface area (Å²) < 4.78 is 2.03. The van der Waals surface area contributed by atoms with Gasteiger partial charge < -0.3 is 5.32 Å². The molecule has 2 saturated carbocycles. The normalized spacial score (nSPS) is 16.1. The van der Waals surface area contributed by atoms with Crippen molar-refractivity contribution >= 4 is 23.3 Å². The summed E-state index contributed by atoms with van der Waals surface area (Å²) in [5, 5.41) is 24.2. The van der Waals surface area contributed by atoms with Crippen LogP contribution in [0.4, 0.5) is 11.5 Å². The Morgan fingerprint density at radius 3 is 2.61 bits per heavy atom. The van der Waals surface area contributed by atoms with Crippen LogP contribution in [0, 0.1) is 10.1 Å². The topological polar surface area (TPSA) is 112 Å². The molecule has 0 spiro atoms. The molecule has 9 nitrogen and oxygen atoms in total. The first kappa shape index (κ1) is 17.1. The van der Waals surface area contributed by atoms with Crippen molar-refractivity contribution in [1.82, 2.24) is 24.7 Å². The van der Waals surface area contributed by atoms with Crippen molar-refractivity contribution < 1.29 is 4.92 Å². The number of hydrogen-bond donors (Lipinski definition) is 1. The highest BCUT2D eigenvalue weighted by atomic mass is 32.2. The number of benzene rings is 1. The van der Waals surface area contributed by atoms with Gasteiger partial charge in [0, 0.05) is 17.6 Å². The van der Waals surface area contributed by atoms with Gasteiger partial charge in [-0.05, 0) is 49.6 Å². The lowest BCUT2D eigenvalue weighted by Gasteiger charge is -2.10. The number of nitrogens with one attached hydrogen (secondary N) is 1. The highest BCUT2D eigenvalue weighted by Crippen LogP contribution is 2.42. The summed E-state index contributed by atoms with van der Waals surface area (Å²) in [6, 6.07) is 10.2. The molecule has 0 atom stereocenters. The Labute approximate surface area is 164 Å². The van der Waals surface area contributed by atoms with Gasteiger partial charge in [-0.3, -0.25) is 14.7 Å². The molecule has 2 aromatic heterocycles. The van der Waals surface area contributed by atoms with Crippen molar-refractivity contribution in [2.45, 2.75) is 48.0 Å². The standard InChI is InChI=1S/C18H17N7O2S/c26-25(27)14-10-19-17(21-15(14)20-12-8-9-12)28-18-23-22-16(11-6-7-11)24(18)13-4-2-1-3-5-13/h1-5,10-12H,6-9H2,(H,19,20,21). The Bertz CT molecular complexity index is 1030. The van der Waals surface area contributed by atoms with Crippen molar-refractivity contribution in [3.63, 3.8) is 0 Å². The predicted octanol–water partition coefficient (Wildman–Crippen LogP) is 3.57. The number of aromatic nitrogens is 5. The van der Waals surface area contributed by atoms with Gasteiger partial charge in [0.1, 0.15) is 12.0 Å². The van der Waals surface area contributed by atoms with Gasteiger partial charge in [0.25, 0.3) is 0 Å². The average molecular weight is 395 g/mol. The second-order valence-electron chi connectivity index (χ2n) is 6.95. The Balaban J connectivity index is 1.50. The smallest absolute Gasteiger partial charge is 0.329 e. The summed E-state index contributed by atoms with van der Waals surface area (Å²) in [6.45, 7) is 0. The molecular formula is C18H17N7O2S. The van der Waals surface area contributed by atoms with Crippen LogP contribution in [0.1, 0.15) is 37.4 Å². The minimum Gasteiger partial charge on any atom is -0.361 e. The lowest BCUT2D eigenvalue weighted by atomic mass is 10.3. The monoisotopic (exact) mass is 395 g/mol. The van der Waals surface area contributed by atoms with E-state index in [0.717, 1.165) is 37.2 Å². The number of nitrogens with zero attached hydrogens (tertiary/aromatic N) is 6. The van der Waals surface area contributed by atoms with E-state index in [1.54, 1.807) is 0 Å². The number of anilines is 1. The van der Waals surface area contributed by atoms with E-state index in [1.807, 2.05) is 34.9 Å². The van der Waals surface area contributed by atoms with E-state index >= 15 is 0 Å². The van der Waals surface area contributed by atoms with Gasteiger partial charge in [-0.25, -0.2) is 4.98 Å². The Kier molecular flexibility index (Phi) is 4.19. The second-order valence-corrected chi connectivity index (χ2v) is 7.88. The predicted molar refractivity (Wildman–Crippen MR) is 103 cm³/mol. The van der Waals surface area contributed by atoms with Crippen LogP contribution in [0.3, 0.4) is 0 Å². The number of rotatable bonds is 7. The molecule has 2 aliphatic carbocycles. The zero-order chi connectivity index (χ0) is 19.1. The molecule has 1 N–H and O–H groups in total. The average Bonchev–Trinajstić information content (AvgIpc) is 3.63. The third-order valence-corrected chi connectivity index (χ3v) is 5.49. The number of hydrogen-bond acceptors (Lipinski definition) is 8. The van der Waals surface area contributed by atoms with Crippen LogP contribution in [0.25, 0.3) is 5.69 Å². The summed E-state index contributed by atoms with van der Waals surface area (Å²) in [5.74, 6) is 1.62. The first-order valence-corrected chi connectivity index (χ1v) is 9.97. The van der Waals surface area contributed by atoms with Crippen LogP contribution in [0.2, 0.25) is 0 Å². The van der Waals surface area contributed by atoms with Crippen LogP contribution in [-0.4, -0.2) is 35.7 Å². The molecule has 0 aliphatic heterocycles. The van der Waals surface area contributed by atoms with E-state index in [2.05, 4.69) is 25.5 Å². The van der Waals surface area contributed by atoms with Crippen LogP contribution in [0.15, 0.2) is 46.8 Å². The lowest BCUT2D eigenvalue weighted by Crippen LogP contribution is -2.08. The minimum atomic E-state index is -0.461. The maximum absolute atomic E-state index is 11.3. The molecule has 2 aliphatic rings. The van der Waals surface area contributed by atoms with E-state index in [9.17, 15) is 10.1 Å². The first-order chi connectivity index (χ1) is 13.7. The van der Waals surface area contributed by atoms with Crippen LogP contribution in [-0.2, 0) is 0 Å². The van der Waals surface area contributed by atoms with Gasteiger partial charge in [0.2, 0.25) is 11.0 Å². The van der Waals surface area contributed by atoms with Gasteiger partial charge in [0.15, 0.2) is 5.16 Å². The molecule has 28 heavy (non-hydrogen) atoms. The van der Waals surface area contributed by atoms with E-state index in [1.165, 1.54) is 18.0 Å². The van der Waals surface area contributed by atoms with Crippen molar-refractivity contribution in [2.75, 3.05) is 5.32 Å². The van der Waals surface area contributed by atoms with E-state index in [4.69, 9.17) is 0 Å². The van der Waals surface area contributed by atoms with Crippen molar-refractivity contribution in [3.05, 3.63) is 52.5 Å². The zero-order valence-corrected chi connectivity index (χ0v) is 15.7. The van der Waals surface area contributed by atoms with Crippen molar-refractivity contribution in [2.24, 2.45) is 0 Å². The molecule has 0 radical (unpaired) electrons. The molecule has 1 aromatic carbocycles. The van der Waals surface area contributed by atoms with Gasteiger partial charge >= 0.3 is 5.69 Å². The molecule has 2 heterocycles. The molecule has 10 heteroatoms. The molecule has 0 saturated heterocycles. The highest BCUT2D eigenvalue weighted by molar-refractivity contribution is 7.99. The summed E-state index contributed by atoms with van der Waals surface area (Å²) in [6.07, 6.45) is 5.47. The third kappa shape index (κ3) is 3.42. The molecular weight excluding hydrogens is 378 g/mol. The summed E-state index contributed by atoms with van der Waals surface area (Å²) in [7, 11) is 0. The fourth-order valence-corrected chi connectivity index (χ4v) is 3.70. The summed E-state index contributed by atoms with van der Waals surface area (Å²) in [4.78, 5) is 19.4. The molecule has 0 unspecified atom stereocenters. The maximum Gasteiger partial charge on any atom is 0.329 e. The summed E-state index contributed by atoms with van der Waals surface area (Å²) in [5.41, 5.74) is 0.870. The molecule has 5 rings (SSSR count). The van der Waals surface area contributed by atoms with Crippen LogP contribution < -0.4 is 5.32 Å². The first-order valence-electron chi connectivity index (χ1n) is 9.15. The molecule has 0 bridgehead atoms. The Morgan fingerprint density at radius 1 is 1.14 bits per heavy atom. The maximum atomic E-state index is 11.3. The third-order valence-electron chi connectivity index (χ3n) is 4.66. The van der Waals surface area contributed by atoms with Gasteiger partial charge in [0.05, 0.1) is 4.92 Å². The van der Waals surface area contributed by atoms with Crippen molar-refractivity contribution in [3.8, 4) is 5.69 Å². The van der Waals surface area contributed by atoms with Crippen LogP contribution in [0.5, 0.6) is 0 Å². The Hall–Kier alpha value is -3.01. The number of para-hydroxylation sites is 1. The van der Waals surface area contributed by atoms with Gasteiger partial charge in [-0.1, -0.05) is 18.2 Å². The second kappa shape index (κ2) is 6.86. The zero-order valence-electron chi connectivity index (χ0n) is 14.9. The molecule has 142 valence electrons. The fraction of sp³-hybridized carbons (Fsp3) is 0.333. The number of nitro groups is 1. The largest absolute Gasteiger partial charge is 0.361 e. The van der Waals surface area contributed by atoms with Crippen LogP contribution >= 0.6 is 11.8 Å². The van der Waals surface area contributed by atoms with Gasteiger partial charge in [-0.15, -0.1) is 10.2 Å². The van der Waals surface area contributed by atoms with E-state index in [-0.39, 0.29) is 17.5 Å². The molecule has 2 fully saturated rings. The lowest BCUT2D eigenvalue weighted by molar-refractivity contribution is -0.384. The Morgan fingerprint density at radius 2 is 1.93 bits per heavy atom. The molecule has 0 amide bonds. The molecule has 3 aromatic rings. The summed E-state index contributed by atoms with van der Waals surface area (Å²) >= 11 is 1.26. The van der Waals surface area contributed by atoms with E-state index in [0.29, 0.717) is 16.2 Å². The van der Waals surface area contributed by atoms with Crippen molar-refractivity contribution in [1.29, 1.82) is 0 Å².